The van der Waals surface area contributed by atoms with E-state index in [1.165, 1.54) is 7.11 Å². The van der Waals surface area contributed by atoms with Gasteiger partial charge in [-0.25, -0.2) is 9.59 Å². The summed E-state index contributed by atoms with van der Waals surface area (Å²) < 4.78 is 10.2. The Balaban J connectivity index is 1.74. The van der Waals surface area contributed by atoms with Crippen molar-refractivity contribution in [3.8, 4) is 11.1 Å². The van der Waals surface area contributed by atoms with Crippen molar-refractivity contribution in [3.05, 3.63) is 59.7 Å². The number of ether oxygens (including phenoxy) is 2. The maximum absolute atomic E-state index is 12.2. The van der Waals surface area contributed by atoms with Gasteiger partial charge in [0.2, 0.25) is 0 Å². The van der Waals surface area contributed by atoms with Crippen LogP contribution in [0.2, 0.25) is 0 Å². The first-order valence-electron chi connectivity index (χ1n) is 8.32. The number of esters is 1. The number of fused-ring (bicyclic) bond motifs is 3. The van der Waals surface area contributed by atoms with Gasteiger partial charge in [-0.15, -0.1) is 0 Å². The SMILES string of the molecule is COC(=O)[C@](C)(CS)NC(=O)OCC1c2ccccc2-c2ccccc21. The van der Waals surface area contributed by atoms with Crippen LogP contribution in [0.15, 0.2) is 48.5 Å². The number of benzene rings is 2. The summed E-state index contributed by atoms with van der Waals surface area (Å²) in [5, 5.41) is 2.55. The fraction of sp³-hybridized carbons (Fsp3) is 0.300. The van der Waals surface area contributed by atoms with Gasteiger partial charge >= 0.3 is 12.1 Å². The van der Waals surface area contributed by atoms with Gasteiger partial charge in [0.15, 0.2) is 0 Å². The Morgan fingerprint density at radius 3 is 2.12 bits per heavy atom. The fourth-order valence-electron chi connectivity index (χ4n) is 3.24. The van der Waals surface area contributed by atoms with E-state index >= 15 is 0 Å². The standard InChI is InChI=1S/C20H21NO4S/c1-20(12-26,18(22)24-2)21-19(23)25-11-17-15-9-5-3-7-13(15)14-8-4-6-10-16(14)17/h3-10,17,26H,11-12H2,1-2H3,(H,21,23)/t20-/m0/s1. The Morgan fingerprint density at radius 1 is 1.08 bits per heavy atom. The van der Waals surface area contributed by atoms with Crippen molar-refractivity contribution in [2.24, 2.45) is 0 Å². The smallest absolute Gasteiger partial charge is 0.408 e. The van der Waals surface area contributed by atoms with Crippen molar-refractivity contribution in [1.82, 2.24) is 5.32 Å². The lowest BCUT2D eigenvalue weighted by atomic mass is 9.98. The molecule has 0 saturated carbocycles. The van der Waals surface area contributed by atoms with Gasteiger partial charge in [0.1, 0.15) is 12.1 Å². The Bertz CT molecular complexity index is 793. The van der Waals surface area contributed by atoms with Crippen molar-refractivity contribution < 1.29 is 19.1 Å². The lowest BCUT2D eigenvalue weighted by molar-refractivity contribution is -0.146. The minimum absolute atomic E-state index is 0.0338. The van der Waals surface area contributed by atoms with Crippen LogP contribution in [0.5, 0.6) is 0 Å². The molecule has 2 aromatic carbocycles. The van der Waals surface area contributed by atoms with E-state index < -0.39 is 17.6 Å². The first-order chi connectivity index (χ1) is 12.5. The summed E-state index contributed by atoms with van der Waals surface area (Å²) in [4.78, 5) is 24.1. The molecule has 26 heavy (non-hydrogen) atoms. The van der Waals surface area contributed by atoms with Crippen molar-refractivity contribution >= 4 is 24.7 Å². The molecule has 6 heteroatoms. The number of carbonyl (C=O) groups excluding carboxylic acids is 2. The van der Waals surface area contributed by atoms with E-state index in [1.807, 2.05) is 36.4 Å². The quantitative estimate of drug-likeness (QED) is 0.625. The topological polar surface area (TPSA) is 64.6 Å². The number of alkyl carbamates (subject to hydrolysis) is 1. The van der Waals surface area contributed by atoms with Crippen molar-refractivity contribution in [1.29, 1.82) is 0 Å². The third kappa shape index (κ3) is 3.29. The number of carbonyl (C=O) groups is 2. The molecule has 3 rings (SSSR count). The van der Waals surface area contributed by atoms with Gasteiger partial charge in [0.25, 0.3) is 0 Å². The zero-order valence-electron chi connectivity index (χ0n) is 14.7. The van der Waals surface area contributed by atoms with Crippen LogP contribution in [-0.2, 0) is 14.3 Å². The van der Waals surface area contributed by atoms with E-state index in [4.69, 9.17) is 9.47 Å². The summed E-state index contributed by atoms with van der Waals surface area (Å²) in [6, 6.07) is 16.2. The Morgan fingerprint density at radius 2 is 1.62 bits per heavy atom. The number of hydrogen-bond acceptors (Lipinski definition) is 5. The van der Waals surface area contributed by atoms with Crippen molar-refractivity contribution in [2.45, 2.75) is 18.4 Å². The average molecular weight is 371 g/mol. The molecular weight excluding hydrogens is 350 g/mol. The summed E-state index contributed by atoms with van der Waals surface area (Å²) in [6.07, 6.45) is -0.672. The molecule has 1 N–H and O–H groups in total. The molecule has 136 valence electrons. The highest BCUT2D eigenvalue weighted by atomic mass is 32.1. The minimum Gasteiger partial charge on any atom is -0.467 e. The summed E-state index contributed by atoms with van der Waals surface area (Å²) in [5.41, 5.74) is 3.34. The van der Waals surface area contributed by atoms with E-state index in [0.29, 0.717) is 0 Å². The van der Waals surface area contributed by atoms with Crippen molar-refractivity contribution in [2.75, 3.05) is 19.5 Å². The Labute approximate surface area is 158 Å². The molecule has 1 aliphatic rings. The molecule has 2 aromatic rings. The zero-order valence-corrected chi connectivity index (χ0v) is 15.6. The summed E-state index contributed by atoms with van der Waals surface area (Å²) in [5.74, 6) is -0.501. The van der Waals surface area contributed by atoms with E-state index in [1.54, 1.807) is 6.92 Å². The lowest BCUT2D eigenvalue weighted by Gasteiger charge is -2.26. The molecule has 1 amide bonds. The Hall–Kier alpha value is -2.47. The van der Waals surface area contributed by atoms with Gasteiger partial charge in [-0.1, -0.05) is 48.5 Å². The number of thiol groups is 1. The van der Waals surface area contributed by atoms with Crippen LogP contribution in [0.3, 0.4) is 0 Å². The molecule has 0 aliphatic heterocycles. The third-order valence-corrected chi connectivity index (χ3v) is 5.31. The minimum atomic E-state index is -1.24. The second-order valence-electron chi connectivity index (χ2n) is 6.43. The number of nitrogens with one attached hydrogen (secondary N) is 1. The highest BCUT2D eigenvalue weighted by molar-refractivity contribution is 7.80. The van der Waals surface area contributed by atoms with Gasteiger partial charge in [0, 0.05) is 11.7 Å². The van der Waals surface area contributed by atoms with E-state index in [2.05, 4.69) is 30.1 Å². The normalized spacial score (nSPS) is 14.7. The number of rotatable bonds is 5. The Kier molecular flexibility index (Phi) is 5.23. The van der Waals surface area contributed by atoms with Gasteiger partial charge in [0.05, 0.1) is 7.11 Å². The molecule has 0 fully saturated rings. The lowest BCUT2D eigenvalue weighted by Crippen LogP contribution is -2.54. The maximum atomic E-state index is 12.2. The van der Waals surface area contributed by atoms with E-state index in [0.717, 1.165) is 22.3 Å². The monoisotopic (exact) mass is 371 g/mol. The molecule has 5 nitrogen and oxygen atoms in total. The second-order valence-corrected chi connectivity index (χ2v) is 6.75. The summed E-state index contributed by atoms with van der Waals surface area (Å²) in [7, 11) is 1.27. The predicted molar refractivity (Wildman–Crippen MR) is 102 cm³/mol. The average Bonchev–Trinajstić information content (AvgIpc) is 2.99. The number of hydrogen-bond donors (Lipinski definition) is 2. The van der Waals surface area contributed by atoms with Crippen LogP contribution in [0.1, 0.15) is 24.0 Å². The molecule has 0 saturated heterocycles. The highest BCUT2D eigenvalue weighted by Crippen LogP contribution is 2.44. The summed E-state index contributed by atoms with van der Waals surface area (Å²) >= 11 is 4.13. The maximum Gasteiger partial charge on any atom is 0.408 e. The first-order valence-corrected chi connectivity index (χ1v) is 8.96. The van der Waals surface area contributed by atoms with Gasteiger partial charge in [-0.05, 0) is 29.2 Å². The molecule has 0 spiro atoms. The first kappa shape index (κ1) is 18.3. The molecule has 0 heterocycles. The van der Waals surface area contributed by atoms with Crippen LogP contribution in [0.4, 0.5) is 4.79 Å². The molecular formula is C20H21NO4S. The molecule has 1 atom stereocenters. The number of amides is 1. The zero-order chi connectivity index (χ0) is 18.7. The van der Waals surface area contributed by atoms with Crippen LogP contribution in [0.25, 0.3) is 11.1 Å². The molecule has 0 bridgehead atoms. The molecule has 1 aliphatic carbocycles. The highest BCUT2D eigenvalue weighted by Gasteiger charge is 2.36. The molecule has 0 unspecified atom stereocenters. The van der Waals surface area contributed by atoms with Crippen molar-refractivity contribution in [3.63, 3.8) is 0 Å². The molecule has 0 aromatic heterocycles. The van der Waals surface area contributed by atoms with Crippen LogP contribution >= 0.6 is 12.6 Å². The van der Waals surface area contributed by atoms with Crippen LogP contribution < -0.4 is 5.32 Å². The number of methoxy groups -OCH3 is 1. The second kappa shape index (κ2) is 7.41. The van der Waals surface area contributed by atoms with Crippen LogP contribution in [-0.4, -0.2) is 37.1 Å². The largest absolute Gasteiger partial charge is 0.467 e. The predicted octanol–water partition coefficient (Wildman–Crippen LogP) is 3.39. The summed E-state index contributed by atoms with van der Waals surface area (Å²) in [6.45, 7) is 1.73. The van der Waals surface area contributed by atoms with E-state index in [-0.39, 0.29) is 18.3 Å². The van der Waals surface area contributed by atoms with E-state index in [9.17, 15) is 9.59 Å². The van der Waals surface area contributed by atoms with Gasteiger partial charge < -0.3 is 14.8 Å². The molecule has 0 radical (unpaired) electrons. The fourth-order valence-corrected chi connectivity index (χ4v) is 3.45. The van der Waals surface area contributed by atoms with Gasteiger partial charge in [-0.3, -0.25) is 0 Å². The third-order valence-electron chi connectivity index (χ3n) is 4.67. The van der Waals surface area contributed by atoms with Crippen LogP contribution in [0, 0.1) is 0 Å². The van der Waals surface area contributed by atoms with Gasteiger partial charge in [-0.2, -0.15) is 12.6 Å².